The van der Waals surface area contributed by atoms with Gasteiger partial charge in [-0.3, -0.25) is 0 Å². The molecule has 1 aliphatic heterocycles. The molecule has 0 spiro atoms. The first-order valence-corrected chi connectivity index (χ1v) is 9.53. The Hall–Kier alpha value is -3.52. The van der Waals surface area contributed by atoms with E-state index >= 15 is 0 Å². The van der Waals surface area contributed by atoms with Crippen molar-refractivity contribution in [1.82, 2.24) is 15.0 Å². The normalized spacial score (nSPS) is 14.2. The lowest BCUT2D eigenvalue weighted by molar-refractivity contribution is 0.122. The summed E-state index contributed by atoms with van der Waals surface area (Å²) in [6.07, 6.45) is 1.73. The number of anilines is 4. The highest BCUT2D eigenvalue weighted by molar-refractivity contribution is 5.79. The van der Waals surface area contributed by atoms with Crippen molar-refractivity contribution in [2.24, 2.45) is 5.10 Å². The van der Waals surface area contributed by atoms with E-state index in [0.29, 0.717) is 31.1 Å². The van der Waals surface area contributed by atoms with Gasteiger partial charge in [-0.1, -0.05) is 48.0 Å². The first-order valence-electron chi connectivity index (χ1n) is 9.53. The third-order valence-electron chi connectivity index (χ3n) is 4.40. The van der Waals surface area contributed by atoms with Crippen molar-refractivity contribution in [3.8, 4) is 0 Å². The van der Waals surface area contributed by atoms with E-state index in [2.05, 4.69) is 42.6 Å². The second-order valence-corrected chi connectivity index (χ2v) is 6.65. The molecule has 2 aromatic carbocycles. The van der Waals surface area contributed by atoms with Crippen LogP contribution in [0.2, 0.25) is 0 Å². The highest BCUT2D eigenvalue weighted by atomic mass is 16.5. The smallest absolute Gasteiger partial charge is 0.250 e. The van der Waals surface area contributed by atoms with Crippen molar-refractivity contribution < 1.29 is 4.74 Å². The molecular formula is C21H23N7O. The number of rotatable bonds is 6. The first kappa shape index (κ1) is 18.8. The van der Waals surface area contributed by atoms with Crippen molar-refractivity contribution in [2.45, 2.75) is 6.92 Å². The molecule has 148 valence electrons. The molecule has 0 saturated carbocycles. The molecular weight excluding hydrogens is 366 g/mol. The molecule has 2 N–H and O–H groups in total. The van der Waals surface area contributed by atoms with E-state index in [1.807, 2.05) is 54.6 Å². The van der Waals surface area contributed by atoms with Crippen LogP contribution in [0.5, 0.6) is 0 Å². The molecule has 1 fully saturated rings. The number of benzene rings is 2. The van der Waals surface area contributed by atoms with Gasteiger partial charge in [0.05, 0.1) is 19.4 Å². The molecule has 1 aromatic heterocycles. The van der Waals surface area contributed by atoms with E-state index in [4.69, 9.17) is 4.74 Å². The fourth-order valence-corrected chi connectivity index (χ4v) is 2.85. The Morgan fingerprint density at radius 1 is 0.931 bits per heavy atom. The van der Waals surface area contributed by atoms with Crippen LogP contribution in [0.15, 0.2) is 59.7 Å². The summed E-state index contributed by atoms with van der Waals surface area (Å²) in [7, 11) is 0. The van der Waals surface area contributed by atoms with Crippen LogP contribution in [0.25, 0.3) is 0 Å². The monoisotopic (exact) mass is 389 g/mol. The van der Waals surface area contributed by atoms with Gasteiger partial charge in [-0.2, -0.15) is 20.1 Å². The van der Waals surface area contributed by atoms with Gasteiger partial charge in [0.2, 0.25) is 17.8 Å². The largest absolute Gasteiger partial charge is 0.378 e. The molecule has 2 heterocycles. The van der Waals surface area contributed by atoms with Gasteiger partial charge in [-0.05, 0) is 24.6 Å². The molecule has 4 rings (SSSR count). The lowest BCUT2D eigenvalue weighted by Gasteiger charge is -2.27. The van der Waals surface area contributed by atoms with Crippen molar-refractivity contribution >= 4 is 29.7 Å². The highest BCUT2D eigenvalue weighted by Gasteiger charge is 2.16. The number of hydrazone groups is 1. The lowest BCUT2D eigenvalue weighted by Crippen LogP contribution is -2.37. The standard InChI is InChI=1S/C21H23N7O/c1-16-7-9-18(10-8-16)23-19-24-20(27-22-15-17-5-3-2-4-6-17)26-21(25-19)28-11-13-29-14-12-28/h2-10,15H,11-14H2,1H3,(H2,23,24,25,26,27). The second kappa shape index (κ2) is 9.11. The Bertz CT molecular complexity index is 955. The number of nitrogens with one attached hydrogen (secondary N) is 2. The number of ether oxygens (including phenoxy) is 1. The summed E-state index contributed by atoms with van der Waals surface area (Å²) >= 11 is 0. The first-order chi connectivity index (χ1) is 14.3. The molecule has 8 heteroatoms. The zero-order valence-corrected chi connectivity index (χ0v) is 16.2. The van der Waals surface area contributed by atoms with E-state index in [1.165, 1.54) is 5.56 Å². The van der Waals surface area contributed by atoms with Gasteiger partial charge < -0.3 is 15.0 Å². The summed E-state index contributed by atoms with van der Waals surface area (Å²) in [5.41, 5.74) is 6.01. The minimum absolute atomic E-state index is 0.378. The van der Waals surface area contributed by atoms with Crippen LogP contribution in [-0.4, -0.2) is 47.5 Å². The topological polar surface area (TPSA) is 87.6 Å². The van der Waals surface area contributed by atoms with Crippen LogP contribution in [0.4, 0.5) is 23.5 Å². The predicted molar refractivity (Wildman–Crippen MR) is 115 cm³/mol. The van der Waals surface area contributed by atoms with E-state index in [-0.39, 0.29) is 0 Å². The fourth-order valence-electron chi connectivity index (χ4n) is 2.85. The number of hydrogen-bond acceptors (Lipinski definition) is 8. The van der Waals surface area contributed by atoms with Crippen LogP contribution < -0.4 is 15.6 Å². The lowest BCUT2D eigenvalue weighted by atomic mass is 10.2. The quantitative estimate of drug-likeness (QED) is 0.494. The maximum absolute atomic E-state index is 5.43. The van der Waals surface area contributed by atoms with Crippen LogP contribution in [0.1, 0.15) is 11.1 Å². The van der Waals surface area contributed by atoms with Crippen molar-refractivity contribution in [3.63, 3.8) is 0 Å². The predicted octanol–water partition coefficient (Wildman–Crippen LogP) is 3.21. The molecule has 0 amide bonds. The van der Waals surface area contributed by atoms with Crippen molar-refractivity contribution in [3.05, 3.63) is 65.7 Å². The zero-order chi connectivity index (χ0) is 19.9. The zero-order valence-electron chi connectivity index (χ0n) is 16.2. The van der Waals surface area contributed by atoms with Gasteiger partial charge in [0, 0.05) is 18.8 Å². The van der Waals surface area contributed by atoms with Crippen molar-refractivity contribution in [1.29, 1.82) is 0 Å². The summed E-state index contributed by atoms with van der Waals surface area (Å²) in [5, 5.41) is 7.51. The SMILES string of the molecule is Cc1ccc(Nc2nc(NN=Cc3ccccc3)nc(N3CCOCC3)n2)cc1. The molecule has 0 atom stereocenters. The highest BCUT2D eigenvalue weighted by Crippen LogP contribution is 2.19. The maximum Gasteiger partial charge on any atom is 0.250 e. The summed E-state index contributed by atoms with van der Waals surface area (Å²) in [5.74, 6) is 1.43. The third-order valence-corrected chi connectivity index (χ3v) is 4.40. The Kier molecular flexibility index (Phi) is 5.92. The van der Waals surface area contributed by atoms with E-state index in [1.54, 1.807) is 6.21 Å². The summed E-state index contributed by atoms with van der Waals surface area (Å²) < 4.78 is 5.43. The number of morpholine rings is 1. The van der Waals surface area contributed by atoms with E-state index in [0.717, 1.165) is 24.3 Å². The minimum Gasteiger partial charge on any atom is -0.378 e. The Labute approximate surface area is 169 Å². The summed E-state index contributed by atoms with van der Waals surface area (Å²) in [6.45, 7) is 4.83. The van der Waals surface area contributed by atoms with Crippen LogP contribution in [0, 0.1) is 6.92 Å². The van der Waals surface area contributed by atoms with E-state index < -0.39 is 0 Å². The molecule has 29 heavy (non-hydrogen) atoms. The minimum atomic E-state index is 0.378. The molecule has 8 nitrogen and oxygen atoms in total. The average Bonchev–Trinajstić information content (AvgIpc) is 2.77. The molecule has 1 aliphatic rings. The molecule has 0 bridgehead atoms. The molecule has 3 aromatic rings. The average molecular weight is 389 g/mol. The number of aryl methyl sites for hydroxylation is 1. The van der Waals surface area contributed by atoms with Gasteiger partial charge >= 0.3 is 0 Å². The molecule has 0 unspecified atom stereocenters. The molecule has 0 radical (unpaired) electrons. The van der Waals surface area contributed by atoms with Crippen molar-refractivity contribution in [2.75, 3.05) is 41.9 Å². The number of hydrogen-bond donors (Lipinski definition) is 2. The Morgan fingerprint density at radius 2 is 1.66 bits per heavy atom. The maximum atomic E-state index is 5.43. The third kappa shape index (κ3) is 5.26. The number of nitrogens with zero attached hydrogens (tertiary/aromatic N) is 5. The number of aromatic nitrogens is 3. The van der Waals surface area contributed by atoms with Gasteiger partial charge in [-0.25, -0.2) is 5.43 Å². The Balaban J connectivity index is 1.56. The van der Waals surface area contributed by atoms with Crippen LogP contribution >= 0.6 is 0 Å². The summed E-state index contributed by atoms with van der Waals surface area (Å²) in [6, 6.07) is 17.9. The fraction of sp³-hybridized carbons (Fsp3) is 0.238. The van der Waals surface area contributed by atoms with Gasteiger partial charge in [0.25, 0.3) is 0 Å². The molecule has 1 saturated heterocycles. The van der Waals surface area contributed by atoms with Gasteiger partial charge in [0.15, 0.2) is 0 Å². The van der Waals surface area contributed by atoms with E-state index in [9.17, 15) is 0 Å². The van der Waals surface area contributed by atoms with Gasteiger partial charge in [-0.15, -0.1) is 0 Å². The van der Waals surface area contributed by atoms with Crippen LogP contribution in [0.3, 0.4) is 0 Å². The van der Waals surface area contributed by atoms with Crippen LogP contribution in [-0.2, 0) is 4.74 Å². The summed E-state index contributed by atoms with van der Waals surface area (Å²) in [4.78, 5) is 15.7. The Morgan fingerprint density at radius 3 is 2.41 bits per heavy atom. The van der Waals surface area contributed by atoms with Gasteiger partial charge in [0.1, 0.15) is 0 Å². The second-order valence-electron chi connectivity index (χ2n) is 6.65. The molecule has 0 aliphatic carbocycles.